The number of likely N-dealkylation sites (tertiary alicyclic amines) is 1. The highest BCUT2D eigenvalue weighted by atomic mass is 79.9. The highest BCUT2D eigenvalue weighted by molar-refractivity contribution is 9.10. The second-order valence-electron chi connectivity index (χ2n) is 7.01. The molecule has 1 aromatic carbocycles. The van der Waals surface area contributed by atoms with Gasteiger partial charge in [-0.1, -0.05) is 13.0 Å². The molecule has 3 aliphatic rings. The van der Waals surface area contributed by atoms with Gasteiger partial charge in [-0.05, 0) is 71.3 Å². The molecule has 1 atom stereocenters. The average Bonchev–Trinajstić information content (AvgIpc) is 3.02. The molecule has 1 saturated heterocycles. The molecule has 0 amide bonds. The standard InChI is InChI=1S/C17H22BrNO/c1-12-3-2-6-19(10-12)11-13-7-14-9-17(4-5-17)20-16(14)15(18)8-13/h7-8,12H,2-6,9-11H2,1H3/t12-/m0/s1. The van der Waals surface area contributed by atoms with Gasteiger partial charge in [-0.15, -0.1) is 0 Å². The van der Waals surface area contributed by atoms with Crippen LogP contribution in [0.1, 0.15) is 43.7 Å². The summed E-state index contributed by atoms with van der Waals surface area (Å²) in [5.41, 5.74) is 3.03. The van der Waals surface area contributed by atoms with Gasteiger partial charge in [-0.2, -0.15) is 0 Å². The molecule has 0 radical (unpaired) electrons. The van der Waals surface area contributed by atoms with Crippen molar-refractivity contribution in [3.8, 4) is 5.75 Å². The second-order valence-corrected chi connectivity index (χ2v) is 7.86. The normalized spacial score (nSPS) is 27.4. The summed E-state index contributed by atoms with van der Waals surface area (Å²) in [6, 6.07) is 4.64. The van der Waals surface area contributed by atoms with E-state index in [4.69, 9.17) is 4.74 Å². The lowest BCUT2D eigenvalue weighted by Gasteiger charge is -2.31. The minimum Gasteiger partial charge on any atom is -0.485 e. The van der Waals surface area contributed by atoms with E-state index in [9.17, 15) is 0 Å². The molecule has 0 unspecified atom stereocenters. The molecule has 3 heteroatoms. The fourth-order valence-electron chi connectivity index (χ4n) is 3.76. The summed E-state index contributed by atoms with van der Waals surface area (Å²) in [5, 5.41) is 0. The molecule has 108 valence electrons. The van der Waals surface area contributed by atoms with E-state index in [2.05, 4.69) is 39.9 Å². The molecule has 2 nitrogen and oxygen atoms in total. The van der Waals surface area contributed by atoms with Crippen LogP contribution in [0.4, 0.5) is 0 Å². The van der Waals surface area contributed by atoms with Crippen molar-refractivity contribution in [1.82, 2.24) is 4.90 Å². The van der Waals surface area contributed by atoms with Crippen LogP contribution < -0.4 is 4.74 Å². The highest BCUT2D eigenvalue weighted by Crippen LogP contribution is 2.52. The Bertz CT molecular complexity index is 538. The van der Waals surface area contributed by atoms with Crippen LogP contribution >= 0.6 is 15.9 Å². The quantitative estimate of drug-likeness (QED) is 0.804. The molecule has 4 rings (SSSR count). The van der Waals surface area contributed by atoms with Crippen molar-refractivity contribution in [2.45, 2.75) is 51.2 Å². The highest BCUT2D eigenvalue weighted by Gasteiger charge is 2.50. The molecule has 2 heterocycles. The number of rotatable bonds is 2. The largest absolute Gasteiger partial charge is 0.485 e. The number of hydrogen-bond acceptors (Lipinski definition) is 2. The van der Waals surface area contributed by atoms with Gasteiger partial charge in [0, 0.05) is 19.5 Å². The van der Waals surface area contributed by atoms with E-state index in [0.717, 1.165) is 29.1 Å². The molecular weight excluding hydrogens is 314 g/mol. The third-order valence-corrected chi connectivity index (χ3v) is 5.56. The zero-order chi connectivity index (χ0) is 13.7. The predicted molar refractivity (Wildman–Crippen MR) is 84.1 cm³/mol. The van der Waals surface area contributed by atoms with Crippen LogP contribution in [0.25, 0.3) is 0 Å². The summed E-state index contributed by atoms with van der Waals surface area (Å²) in [4.78, 5) is 2.60. The fraction of sp³-hybridized carbons (Fsp3) is 0.647. The van der Waals surface area contributed by atoms with E-state index in [1.165, 1.54) is 49.9 Å². The molecular formula is C17H22BrNO. The summed E-state index contributed by atoms with van der Waals surface area (Å²) >= 11 is 3.71. The number of halogens is 1. The van der Waals surface area contributed by atoms with Gasteiger partial charge in [0.15, 0.2) is 0 Å². The third kappa shape index (κ3) is 2.39. The van der Waals surface area contributed by atoms with Gasteiger partial charge < -0.3 is 4.74 Å². The van der Waals surface area contributed by atoms with E-state index >= 15 is 0 Å². The van der Waals surface area contributed by atoms with Gasteiger partial charge in [0.25, 0.3) is 0 Å². The summed E-state index contributed by atoms with van der Waals surface area (Å²) in [6.07, 6.45) is 6.31. The van der Waals surface area contributed by atoms with E-state index < -0.39 is 0 Å². The Morgan fingerprint density at radius 2 is 2.25 bits per heavy atom. The predicted octanol–water partition coefficient (Wildman–Crippen LogP) is 4.15. The van der Waals surface area contributed by atoms with E-state index in [1.54, 1.807) is 0 Å². The van der Waals surface area contributed by atoms with Gasteiger partial charge in [0.2, 0.25) is 0 Å². The van der Waals surface area contributed by atoms with E-state index in [-0.39, 0.29) is 5.60 Å². The van der Waals surface area contributed by atoms with Crippen LogP contribution in [0, 0.1) is 5.92 Å². The maximum atomic E-state index is 6.14. The van der Waals surface area contributed by atoms with Crippen LogP contribution in [0.5, 0.6) is 5.75 Å². The monoisotopic (exact) mass is 335 g/mol. The molecule has 2 fully saturated rings. The van der Waals surface area contributed by atoms with E-state index in [1.807, 2.05) is 0 Å². The number of nitrogens with zero attached hydrogens (tertiary/aromatic N) is 1. The second kappa shape index (κ2) is 4.74. The van der Waals surface area contributed by atoms with Crippen LogP contribution in [0.2, 0.25) is 0 Å². The Labute approximate surface area is 129 Å². The number of piperidine rings is 1. The number of benzene rings is 1. The Morgan fingerprint density at radius 3 is 3.00 bits per heavy atom. The van der Waals surface area contributed by atoms with Gasteiger partial charge in [-0.25, -0.2) is 0 Å². The SMILES string of the molecule is C[C@H]1CCCN(Cc2cc(Br)c3c(c2)CC2(CC2)O3)C1. The van der Waals surface area contributed by atoms with Crippen molar-refractivity contribution in [2.75, 3.05) is 13.1 Å². The smallest absolute Gasteiger partial charge is 0.137 e. The zero-order valence-corrected chi connectivity index (χ0v) is 13.7. The van der Waals surface area contributed by atoms with Crippen LogP contribution in [0.3, 0.4) is 0 Å². The van der Waals surface area contributed by atoms with E-state index in [0.29, 0.717) is 0 Å². The first-order valence-corrected chi connectivity index (χ1v) is 8.66. The average molecular weight is 336 g/mol. The topological polar surface area (TPSA) is 12.5 Å². The van der Waals surface area contributed by atoms with Crippen molar-refractivity contribution in [3.63, 3.8) is 0 Å². The molecule has 1 aliphatic carbocycles. The summed E-state index contributed by atoms with van der Waals surface area (Å²) < 4.78 is 7.29. The molecule has 1 aromatic rings. The van der Waals surface area contributed by atoms with Crippen molar-refractivity contribution >= 4 is 15.9 Å². The van der Waals surface area contributed by atoms with Gasteiger partial charge in [0.1, 0.15) is 11.4 Å². The molecule has 0 bridgehead atoms. The summed E-state index contributed by atoms with van der Waals surface area (Å²) in [7, 11) is 0. The number of hydrogen-bond donors (Lipinski definition) is 0. The lowest BCUT2D eigenvalue weighted by atomic mass is 9.99. The summed E-state index contributed by atoms with van der Waals surface area (Å²) in [5.74, 6) is 1.96. The number of ether oxygens (including phenoxy) is 1. The molecule has 1 saturated carbocycles. The van der Waals surface area contributed by atoms with Gasteiger partial charge in [0.05, 0.1) is 4.47 Å². The third-order valence-electron chi connectivity index (χ3n) is 4.97. The van der Waals surface area contributed by atoms with Crippen LogP contribution in [-0.2, 0) is 13.0 Å². The maximum absolute atomic E-state index is 6.14. The fourth-order valence-corrected chi connectivity index (χ4v) is 4.39. The zero-order valence-electron chi connectivity index (χ0n) is 12.1. The lowest BCUT2D eigenvalue weighted by molar-refractivity contribution is 0.176. The number of fused-ring (bicyclic) bond motifs is 1. The summed E-state index contributed by atoms with van der Waals surface area (Å²) in [6.45, 7) is 5.95. The maximum Gasteiger partial charge on any atom is 0.137 e. The minimum absolute atomic E-state index is 0.184. The molecule has 0 aromatic heterocycles. The van der Waals surface area contributed by atoms with Crippen molar-refractivity contribution in [3.05, 3.63) is 27.7 Å². The van der Waals surface area contributed by atoms with Gasteiger partial charge in [-0.3, -0.25) is 4.90 Å². The van der Waals surface area contributed by atoms with Crippen molar-refractivity contribution in [1.29, 1.82) is 0 Å². The molecule has 2 aliphatic heterocycles. The molecule has 20 heavy (non-hydrogen) atoms. The Balaban J connectivity index is 1.53. The van der Waals surface area contributed by atoms with Gasteiger partial charge >= 0.3 is 0 Å². The molecule has 0 N–H and O–H groups in total. The Morgan fingerprint density at radius 1 is 1.40 bits per heavy atom. The van der Waals surface area contributed by atoms with Crippen molar-refractivity contribution in [2.24, 2.45) is 5.92 Å². The lowest BCUT2D eigenvalue weighted by Crippen LogP contribution is -2.33. The minimum atomic E-state index is 0.184. The first kappa shape index (κ1) is 13.1. The Hall–Kier alpha value is -0.540. The Kier molecular flexibility index (Phi) is 3.11. The van der Waals surface area contributed by atoms with Crippen molar-refractivity contribution < 1.29 is 4.74 Å². The van der Waals surface area contributed by atoms with Crippen LogP contribution in [0.15, 0.2) is 16.6 Å². The first-order chi connectivity index (χ1) is 9.63. The van der Waals surface area contributed by atoms with Crippen LogP contribution in [-0.4, -0.2) is 23.6 Å². The molecule has 1 spiro atoms. The first-order valence-electron chi connectivity index (χ1n) is 7.86.